The Balaban J connectivity index is 2.48. The zero-order valence-corrected chi connectivity index (χ0v) is 12.6. The number of fused-ring (bicyclic) bond motifs is 1. The maximum atomic E-state index is 12.4. The topological polar surface area (TPSA) is 22.0 Å². The van der Waals surface area contributed by atoms with Crippen molar-refractivity contribution in [2.24, 2.45) is 7.05 Å². The minimum atomic E-state index is 0.0508. The van der Waals surface area contributed by atoms with Crippen molar-refractivity contribution in [2.75, 3.05) is 0 Å². The Kier molecular flexibility index (Phi) is 3.14. The molecule has 3 heteroatoms. The van der Waals surface area contributed by atoms with Gasteiger partial charge in [-0.3, -0.25) is 4.79 Å². The van der Waals surface area contributed by atoms with E-state index < -0.39 is 0 Å². The van der Waals surface area contributed by atoms with E-state index in [0.29, 0.717) is 0 Å². The third-order valence-corrected chi connectivity index (χ3v) is 4.38. The molecule has 0 aliphatic rings. The molecule has 3 rings (SSSR count). The molecular formula is C16H12INO. The van der Waals surface area contributed by atoms with E-state index in [4.69, 9.17) is 0 Å². The van der Waals surface area contributed by atoms with Crippen LogP contribution in [-0.4, -0.2) is 4.57 Å². The molecule has 94 valence electrons. The summed E-state index contributed by atoms with van der Waals surface area (Å²) in [6, 6.07) is 17.8. The number of aromatic nitrogens is 1. The van der Waals surface area contributed by atoms with E-state index >= 15 is 0 Å². The first-order valence-electron chi connectivity index (χ1n) is 6.03. The van der Waals surface area contributed by atoms with Gasteiger partial charge in [0.15, 0.2) is 0 Å². The Morgan fingerprint density at radius 1 is 0.895 bits per heavy atom. The Hall–Kier alpha value is -1.62. The first kappa shape index (κ1) is 12.4. The number of nitrogens with zero attached hydrogens (tertiary/aromatic N) is 1. The number of hydrogen-bond donors (Lipinski definition) is 0. The van der Waals surface area contributed by atoms with Crippen molar-refractivity contribution in [3.63, 3.8) is 0 Å². The van der Waals surface area contributed by atoms with Crippen molar-refractivity contribution in [2.45, 2.75) is 0 Å². The fourth-order valence-electron chi connectivity index (χ4n) is 2.33. The van der Waals surface area contributed by atoms with Gasteiger partial charge in [-0.25, -0.2) is 0 Å². The van der Waals surface area contributed by atoms with Gasteiger partial charge in [0.05, 0.1) is 5.69 Å². The van der Waals surface area contributed by atoms with E-state index in [1.165, 1.54) is 0 Å². The third-order valence-electron chi connectivity index (χ3n) is 3.29. The second kappa shape index (κ2) is 4.81. The average molecular weight is 361 g/mol. The molecule has 0 saturated carbocycles. The molecular weight excluding hydrogens is 349 g/mol. The lowest BCUT2D eigenvalue weighted by molar-refractivity contribution is 0.879. The van der Waals surface area contributed by atoms with Crippen molar-refractivity contribution >= 4 is 33.4 Å². The molecule has 0 unspecified atom stereocenters. The second-order valence-corrected chi connectivity index (χ2v) is 5.52. The van der Waals surface area contributed by atoms with E-state index in [9.17, 15) is 4.79 Å². The summed E-state index contributed by atoms with van der Waals surface area (Å²) in [5.41, 5.74) is 2.09. The summed E-state index contributed by atoms with van der Waals surface area (Å²) < 4.78 is 2.85. The maximum absolute atomic E-state index is 12.4. The van der Waals surface area contributed by atoms with Crippen molar-refractivity contribution in [1.82, 2.24) is 4.57 Å². The lowest BCUT2D eigenvalue weighted by atomic mass is 10.1. The van der Waals surface area contributed by atoms with Crippen molar-refractivity contribution in [3.05, 3.63) is 68.5 Å². The molecule has 0 aliphatic carbocycles. The second-order valence-electron chi connectivity index (χ2n) is 4.44. The minimum Gasteiger partial charge on any atom is -0.310 e. The van der Waals surface area contributed by atoms with Crippen LogP contribution in [0.25, 0.3) is 22.0 Å². The molecule has 19 heavy (non-hydrogen) atoms. The number of hydrogen-bond acceptors (Lipinski definition) is 1. The molecule has 3 aromatic rings. The van der Waals surface area contributed by atoms with Crippen LogP contribution in [-0.2, 0) is 7.05 Å². The molecule has 0 radical (unpaired) electrons. The molecule has 0 saturated heterocycles. The first-order valence-corrected chi connectivity index (χ1v) is 7.10. The highest BCUT2D eigenvalue weighted by Crippen LogP contribution is 2.28. The number of halogens is 1. The molecule has 1 heterocycles. The van der Waals surface area contributed by atoms with E-state index in [1.807, 2.05) is 61.6 Å². The van der Waals surface area contributed by atoms with Crippen LogP contribution in [0.2, 0.25) is 0 Å². The van der Waals surface area contributed by atoms with Gasteiger partial charge in [-0.1, -0.05) is 48.5 Å². The fourth-order valence-corrected chi connectivity index (χ4v) is 3.48. The zero-order chi connectivity index (χ0) is 13.4. The van der Waals surface area contributed by atoms with E-state index in [0.717, 1.165) is 25.6 Å². The van der Waals surface area contributed by atoms with Gasteiger partial charge in [-0.2, -0.15) is 0 Å². The number of benzene rings is 2. The summed E-state index contributed by atoms with van der Waals surface area (Å²) in [5.74, 6) is 0. The molecule has 0 amide bonds. The monoisotopic (exact) mass is 361 g/mol. The summed E-state index contributed by atoms with van der Waals surface area (Å²) in [6.45, 7) is 0. The molecule has 2 aromatic carbocycles. The Morgan fingerprint density at radius 2 is 1.47 bits per heavy atom. The molecule has 0 fully saturated rings. The summed E-state index contributed by atoms with van der Waals surface area (Å²) >= 11 is 2.32. The van der Waals surface area contributed by atoms with Gasteiger partial charge in [0.25, 0.3) is 5.56 Å². The van der Waals surface area contributed by atoms with Crippen molar-refractivity contribution in [3.8, 4) is 11.3 Å². The number of pyridine rings is 1. The maximum Gasteiger partial charge on any atom is 0.258 e. The Bertz CT molecular complexity index is 806. The zero-order valence-electron chi connectivity index (χ0n) is 10.4. The normalized spacial score (nSPS) is 10.8. The Morgan fingerprint density at radius 3 is 2.16 bits per heavy atom. The average Bonchev–Trinajstić information content (AvgIpc) is 2.46. The predicted molar refractivity (Wildman–Crippen MR) is 87.3 cm³/mol. The van der Waals surface area contributed by atoms with E-state index in [2.05, 4.69) is 22.6 Å². The van der Waals surface area contributed by atoms with Crippen molar-refractivity contribution < 1.29 is 0 Å². The highest BCUT2D eigenvalue weighted by atomic mass is 127. The molecule has 0 atom stereocenters. The van der Waals surface area contributed by atoms with Gasteiger partial charge in [0, 0.05) is 21.4 Å². The summed E-state index contributed by atoms with van der Waals surface area (Å²) in [7, 11) is 1.83. The van der Waals surface area contributed by atoms with Gasteiger partial charge >= 0.3 is 0 Å². The van der Waals surface area contributed by atoms with Crippen LogP contribution < -0.4 is 5.56 Å². The summed E-state index contributed by atoms with van der Waals surface area (Å²) in [6.07, 6.45) is 0. The van der Waals surface area contributed by atoms with Crippen LogP contribution >= 0.6 is 22.6 Å². The lowest BCUT2D eigenvalue weighted by Crippen LogP contribution is -2.20. The number of rotatable bonds is 1. The standard InChI is InChI=1S/C16H12INO/c1-18-15(11-7-3-2-4-8-11)14(17)12-9-5-6-10-13(12)16(18)19/h2-10H,1H3. The van der Waals surface area contributed by atoms with Crippen molar-refractivity contribution in [1.29, 1.82) is 0 Å². The Labute approximate surface area is 124 Å². The molecule has 0 aliphatic heterocycles. The van der Waals surface area contributed by atoms with Gasteiger partial charge in [0.2, 0.25) is 0 Å². The van der Waals surface area contributed by atoms with Crippen LogP contribution in [0.3, 0.4) is 0 Å². The lowest BCUT2D eigenvalue weighted by Gasteiger charge is -2.13. The quantitative estimate of drug-likeness (QED) is 0.605. The van der Waals surface area contributed by atoms with E-state index in [-0.39, 0.29) is 5.56 Å². The van der Waals surface area contributed by atoms with Crippen LogP contribution in [0.15, 0.2) is 59.4 Å². The molecule has 0 N–H and O–H groups in total. The smallest absolute Gasteiger partial charge is 0.258 e. The summed E-state index contributed by atoms with van der Waals surface area (Å²) in [5, 5.41) is 1.79. The van der Waals surface area contributed by atoms with E-state index in [1.54, 1.807) is 4.57 Å². The molecule has 2 nitrogen and oxygen atoms in total. The third kappa shape index (κ3) is 1.98. The van der Waals surface area contributed by atoms with Gasteiger partial charge < -0.3 is 4.57 Å². The van der Waals surface area contributed by atoms with Crippen LogP contribution in [0, 0.1) is 3.57 Å². The molecule has 0 bridgehead atoms. The van der Waals surface area contributed by atoms with Crippen LogP contribution in [0.5, 0.6) is 0 Å². The van der Waals surface area contributed by atoms with Crippen LogP contribution in [0.1, 0.15) is 0 Å². The molecule has 0 spiro atoms. The largest absolute Gasteiger partial charge is 0.310 e. The van der Waals surface area contributed by atoms with Gasteiger partial charge in [0.1, 0.15) is 0 Å². The molecule has 1 aromatic heterocycles. The highest BCUT2D eigenvalue weighted by molar-refractivity contribution is 14.1. The van der Waals surface area contributed by atoms with Crippen LogP contribution in [0.4, 0.5) is 0 Å². The highest BCUT2D eigenvalue weighted by Gasteiger charge is 2.13. The fraction of sp³-hybridized carbons (Fsp3) is 0.0625. The first-order chi connectivity index (χ1) is 9.20. The van der Waals surface area contributed by atoms with Gasteiger partial charge in [-0.05, 0) is 34.2 Å². The predicted octanol–water partition coefficient (Wildman–Crippen LogP) is 3.81. The van der Waals surface area contributed by atoms with Gasteiger partial charge in [-0.15, -0.1) is 0 Å². The summed E-state index contributed by atoms with van der Waals surface area (Å²) in [4.78, 5) is 12.4. The minimum absolute atomic E-state index is 0.0508. The SMILES string of the molecule is Cn1c(-c2ccccc2)c(I)c2ccccc2c1=O.